The number of carbonyl (C=O) groups excluding carboxylic acids is 1. The number of guanidine groups is 1. The minimum Gasteiger partial charge on any atom is -1.00 e. The van der Waals surface area contributed by atoms with Gasteiger partial charge < -0.3 is 12.4 Å². The number of nitrogens with one attached hydrogen (secondary N) is 1. The predicted octanol–water partition coefficient (Wildman–Crippen LogP) is -6.14. The van der Waals surface area contributed by atoms with Crippen LogP contribution in [0.2, 0.25) is 0 Å². The highest BCUT2D eigenvalue weighted by Crippen LogP contribution is 1.78. The number of hydrogen-bond acceptors (Lipinski definition) is 2. The van der Waals surface area contributed by atoms with Gasteiger partial charge in [-0.15, -0.1) is 0 Å². The van der Waals surface area contributed by atoms with Gasteiger partial charge in [0.1, 0.15) is 0 Å². The number of nitrogens with two attached hydrogens (primary N) is 1. The van der Waals surface area contributed by atoms with Gasteiger partial charge in [0.25, 0.3) is 0 Å². The number of hydrogen-bond donors (Lipinski definition) is 2. The lowest BCUT2D eigenvalue weighted by molar-refractivity contribution is -0.439. The number of nitrogens with zero attached hydrogens (tertiary/aromatic N) is 1. The van der Waals surface area contributed by atoms with Crippen molar-refractivity contribution in [3.63, 3.8) is 0 Å². The molecule has 1 aliphatic rings. The molecule has 0 aromatic heterocycles. The molecule has 0 spiro atoms. The second-order valence-corrected chi connectivity index (χ2v) is 1.69. The number of carbonyl (C=O) groups is 1. The lowest BCUT2D eigenvalue weighted by atomic mass is 10.6. The summed E-state index contributed by atoms with van der Waals surface area (Å²) in [6.45, 7) is 0.336. The number of halogens is 1. The Bertz CT molecular complexity index is 156. The standard InChI is InChI=1S/C4H7N3O.ClH/c1-7-3(8)2-6-4(7)5;/h2H2,1H3,(H2,5,6);1H. The summed E-state index contributed by atoms with van der Waals surface area (Å²) in [5, 5.41) is 0. The van der Waals surface area contributed by atoms with Gasteiger partial charge in [0, 0.05) is 0 Å². The van der Waals surface area contributed by atoms with Gasteiger partial charge in [0.2, 0.25) is 0 Å². The zero-order valence-corrected chi connectivity index (χ0v) is 5.77. The lowest BCUT2D eigenvalue weighted by Crippen LogP contribution is -3.00. The predicted molar refractivity (Wildman–Crippen MR) is 27.8 cm³/mol. The Morgan fingerprint density at radius 2 is 2.33 bits per heavy atom. The molecule has 1 heterocycles. The third kappa shape index (κ3) is 1.32. The molecule has 1 rings (SSSR count). The van der Waals surface area contributed by atoms with E-state index in [4.69, 9.17) is 5.73 Å². The molecular weight excluding hydrogens is 142 g/mol. The largest absolute Gasteiger partial charge is 1.00 e. The van der Waals surface area contributed by atoms with Crippen LogP contribution in [0.4, 0.5) is 0 Å². The molecule has 52 valence electrons. The first kappa shape index (κ1) is 8.23. The van der Waals surface area contributed by atoms with Crippen LogP contribution in [-0.2, 0) is 4.79 Å². The highest BCUT2D eigenvalue weighted by molar-refractivity contribution is 5.96. The summed E-state index contributed by atoms with van der Waals surface area (Å²) in [5.41, 5.74) is 5.28. The van der Waals surface area contributed by atoms with Crippen molar-refractivity contribution in [2.75, 3.05) is 13.6 Å². The van der Waals surface area contributed by atoms with Crippen LogP contribution in [0.15, 0.2) is 0 Å². The summed E-state index contributed by atoms with van der Waals surface area (Å²) in [4.78, 5) is 14.6. The number of rotatable bonds is 0. The van der Waals surface area contributed by atoms with E-state index < -0.39 is 0 Å². The first-order valence-electron chi connectivity index (χ1n) is 2.34. The lowest BCUT2D eigenvalue weighted by Gasteiger charge is -1.96. The maximum absolute atomic E-state index is 10.5. The summed E-state index contributed by atoms with van der Waals surface area (Å²) in [6.07, 6.45) is 0. The summed E-state index contributed by atoms with van der Waals surface area (Å²) in [7, 11) is 1.64. The van der Waals surface area contributed by atoms with Crippen LogP contribution < -0.4 is 23.1 Å². The maximum atomic E-state index is 10.5. The quantitative estimate of drug-likeness (QED) is 0.360. The van der Waals surface area contributed by atoms with Gasteiger partial charge in [-0.25, -0.2) is 4.90 Å². The van der Waals surface area contributed by atoms with Gasteiger partial charge in [-0.3, -0.25) is 15.5 Å². The molecule has 0 unspecified atom stereocenters. The fourth-order valence-corrected chi connectivity index (χ4v) is 0.538. The molecule has 0 aromatic rings. The monoisotopic (exact) mass is 149 g/mol. The molecule has 9 heavy (non-hydrogen) atoms. The van der Waals surface area contributed by atoms with Gasteiger partial charge in [-0.05, 0) is 0 Å². The van der Waals surface area contributed by atoms with Crippen LogP contribution in [0.5, 0.6) is 0 Å². The third-order valence-electron chi connectivity index (χ3n) is 1.16. The Kier molecular flexibility index (Phi) is 2.45. The van der Waals surface area contributed by atoms with E-state index >= 15 is 0 Å². The molecule has 0 fully saturated rings. The van der Waals surface area contributed by atoms with Crippen molar-refractivity contribution >= 4 is 11.9 Å². The molecule has 0 atom stereocenters. The molecule has 0 saturated carbocycles. The van der Waals surface area contributed by atoms with Crippen LogP contribution in [-0.4, -0.2) is 30.4 Å². The minimum absolute atomic E-state index is 0. The topological polar surface area (TPSA) is 60.3 Å². The first-order chi connectivity index (χ1) is 3.72. The summed E-state index contributed by atoms with van der Waals surface area (Å²) in [5.74, 6) is 0.456. The highest BCUT2D eigenvalue weighted by Gasteiger charge is 2.24. The fourth-order valence-electron chi connectivity index (χ4n) is 0.538. The Labute approximate surface area is 59.1 Å². The molecule has 5 heteroatoms. The van der Waals surface area contributed by atoms with Crippen molar-refractivity contribution in [1.29, 1.82) is 0 Å². The van der Waals surface area contributed by atoms with Crippen molar-refractivity contribution in [3.05, 3.63) is 0 Å². The number of likely N-dealkylation sites (N-methyl/N-ethyl adjacent to an activating group) is 1. The molecule has 1 amide bonds. The Hall–Kier alpha value is -0.770. The van der Waals surface area contributed by atoms with E-state index in [9.17, 15) is 4.79 Å². The maximum Gasteiger partial charge on any atom is 0.351 e. The second kappa shape index (κ2) is 2.68. The molecule has 0 aliphatic carbocycles. The Balaban J connectivity index is 0.000000640. The van der Waals surface area contributed by atoms with Gasteiger partial charge in [-0.2, -0.15) is 0 Å². The van der Waals surface area contributed by atoms with E-state index in [-0.39, 0.29) is 18.3 Å². The van der Waals surface area contributed by atoms with Crippen molar-refractivity contribution < 1.29 is 22.2 Å². The highest BCUT2D eigenvalue weighted by atomic mass is 35.5. The molecule has 0 saturated heterocycles. The summed E-state index contributed by atoms with van der Waals surface area (Å²) in [6, 6.07) is 0. The summed E-state index contributed by atoms with van der Waals surface area (Å²) < 4.78 is 0. The molecular formula is C4H8ClN3O. The Morgan fingerprint density at radius 1 is 1.78 bits per heavy atom. The number of amides is 1. The van der Waals surface area contributed by atoms with Gasteiger partial charge in [0.05, 0.1) is 7.05 Å². The van der Waals surface area contributed by atoms with Gasteiger partial charge in [0.15, 0.2) is 6.54 Å². The van der Waals surface area contributed by atoms with E-state index in [0.29, 0.717) is 12.5 Å². The molecule has 4 nitrogen and oxygen atoms in total. The van der Waals surface area contributed by atoms with Gasteiger partial charge >= 0.3 is 11.9 Å². The van der Waals surface area contributed by atoms with Crippen molar-refractivity contribution in [1.82, 2.24) is 4.90 Å². The molecule has 0 aromatic carbocycles. The van der Waals surface area contributed by atoms with E-state index in [1.807, 2.05) is 0 Å². The van der Waals surface area contributed by atoms with E-state index in [1.165, 1.54) is 4.90 Å². The Morgan fingerprint density at radius 3 is 2.44 bits per heavy atom. The normalized spacial score (nSPS) is 17.2. The summed E-state index contributed by atoms with van der Waals surface area (Å²) >= 11 is 0. The fraction of sp³-hybridized carbons (Fsp3) is 0.500. The SMILES string of the molecule is CN1C(=O)C[NH+]=C1N.[Cl-]. The van der Waals surface area contributed by atoms with E-state index in [2.05, 4.69) is 4.99 Å². The van der Waals surface area contributed by atoms with Crippen molar-refractivity contribution in [2.45, 2.75) is 0 Å². The van der Waals surface area contributed by atoms with Crippen LogP contribution in [0.1, 0.15) is 0 Å². The zero-order chi connectivity index (χ0) is 6.15. The van der Waals surface area contributed by atoms with E-state index in [0.717, 1.165) is 0 Å². The zero-order valence-electron chi connectivity index (χ0n) is 5.02. The van der Waals surface area contributed by atoms with Crippen LogP contribution in [0, 0.1) is 0 Å². The molecule has 3 N–H and O–H groups in total. The first-order valence-corrected chi connectivity index (χ1v) is 2.34. The molecule has 0 bridgehead atoms. The van der Waals surface area contributed by atoms with Crippen molar-refractivity contribution in [2.24, 2.45) is 5.73 Å². The van der Waals surface area contributed by atoms with Crippen LogP contribution >= 0.6 is 0 Å². The van der Waals surface area contributed by atoms with Crippen LogP contribution in [0.3, 0.4) is 0 Å². The second-order valence-electron chi connectivity index (χ2n) is 1.69. The molecule has 0 radical (unpaired) electrons. The van der Waals surface area contributed by atoms with E-state index in [1.54, 1.807) is 7.05 Å². The molecule has 1 aliphatic heterocycles. The average Bonchev–Trinajstić information content (AvgIpc) is 1.98. The smallest absolute Gasteiger partial charge is 0.351 e. The van der Waals surface area contributed by atoms with Crippen molar-refractivity contribution in [3.8, 4) is 0 Å². The third-order valence-corrected chi connectivity index (χ3v) is 1.16. The average molecular weight is 150 g/mol. The van der Waals surface area contributed by atoms with Crippen LogP contribution in [0.25, 0.3) is 0 Å². The minimum atomic E-state index is 0. The van der Waals surface area contributed by atoms with Gasteiger partial charge in [-0.1, -0.05) is 0 Å².